The van der Waals surface area contributed by atoms with Crippen LogP contribution in [0.5, 0.6) is 5.75 Å². The van der Waals surface area contributed by atoms with Gasteiger partial charge in [-0.2, -0.15) is 0 Å². The Morgan fingerprint density at radius 1 is 0.900 bits per heavy atom. The molecule has 1 heterocycles. The molecule has 10 nitrogen and oxygen atoms in total. The summed E-state index contributed by atoms with van der Waals surface area (Å²) in [7, 11) is 0. The van der Waals surface area contributed by atoms with Gasteiger partial charge in [-0.05, 0) is 24.3 Å². The van der Waals surface area contributed by atoms with E-state index < -0.39 is 27.2 Å². The zero-order valence-electron chi connectivity index (χ0n) is 15.1. The number of aromatic amines is 1. The van der Waals surface area contributed by atoms with E-state index >= 15 is 0 Å². The SMILES string of the molecule is O=C(Oc1ccccc1)c1ccc(-c2nc3cc([N+](=O)[O-])c([N+](=O)[O-])cc3[nH]2)cc1. The largest absolute Gasteiger partial charge is 0.423 e. The van der Waals surface area contributed by atoms with E-state index in [9.17, 15) is 25.0 Å². The summed E-state index contributed by atoms with van der Waals surface area (Å²) in [5.74, 6) is 0.249. The van der Waals surface area contributed by atoms with Crippen molar-refractivity contribution < 1.29 is 19.4 Å². The van der Waals surface area contributed by atoms with E-state index in [-0.39, 0.29) is 11.0 Å². The van der Waals surface area contributed by atoms with Gasteiger partial charge in [0.05, 0.1) is 32.5 Å². The second kappa shape index (κ2) is 7.43. The Bertz CT molecular complexity index is 1230. The molecule has 0 atom stereocenters. The van der Waals surface area contributed by atoms with Gasteiger partial charge in [0, 0.05) is 11.6 Å². The predicted octanol–water partition coefficient (Wildman–Crippen LogP) is 4.27. The third-order valence-corrected chi connectivity index (χ3v) is 4.32. The number of nitro groups is 2. The van der Waals surface area contributed by atoms with Crippen LogP contribution < -0.4 is 4.74 Å². The molecule has 0 unspecified atom stereocenters. The van der Waals surface area contributed by atoms with Gasteiger partial charge >= 0.3 is 17.3 Å². The molecule has 0 saturated carbocycles. The van der Waals surface area contributed by atoms with Crippen molar-refractivity contribution in [2.24, 2.45) is 0 Å². The fraction of sp³-hybridized carbons (Fsp3) is 0. The fourth-order valence-corrected chi connectivity index (χ4v) is 2.88. The minimum absolute atomic E-state index is 0.217. The first-order valence-corrected chi connectivity index (χ1v) is 8.62. The fourth-order valence-electron chi connectivity index (χ4n) is 2.88. The highest BCUT2D eigenvalue weighted by atomic mass is 16.6. The summed E-state index contributed by atoms with van der Waals surface area (Å²) in [6.45, 7) is 0. The van der Waals surface area contributed by atoms with E-state index in [1.807, 2.05) is 6.07 Å². The van der Waals surface area contributed by atoms with Crippen LogP contribution in [0.15, 0.2) is 66.7 Å². The molecule has 10 heteroatoms. The molecule has 0 saturated heterocycles. The van der Waals surface area contributed by atoms with E-state index in [0.717, 1.165) is 12.1 Å². The molecule has 1 N–H and O–H groups in total. The van der Waals surface area contributed by atoms with Gasteiger partial charge in [-0.3, -0.25) is 20.2 Å². The van der Waals surface area contributed by atoms with Gasteiger partial charge in [0.2, 0.25) is 0 Å². The number of rotatable bonds is 5. The Hall–Kier alpha value is -4.60. The maximum absolute atomic E-state index is 12.2. The maximum atomic E-state index is 12.2. The molecule has 3 aromatic carbocycles. The van der Waals surface area contributed by atoms with E-state index in [4.69, 9.17) is 4.74 Å². The zero-order chi connectivity index (χ0) is 21.3. The van der Waals surface area contributed by atoms with Gasteiger partial charge < -0.3 is 9.72 Å². The molecule has 148 valence electrons. The molecule has 0 radical (unpaired) electrons. The number of hydrogen-bond acceptors (Lipinski definition) is 7. The standard InChI is InChI=1S/C20H12N4O6/c25-20(30-14-4-2-1-3-5-14)13-8-6-12(7-9-13)19-21-15-10-17(23(26)27)18(24(28)29)11-16(15)22-19/h1-11H,(H,21,22). The summed E-state index contributed by atoms with van der Waals surface area (Å²) in [5.41, 5.74) is 0.161. The summed E-state index contributed by atoms with van der Waals surface area (Å²) in [5, 5.41) is 22.2. The number of nitrogens with one attached hydrogen (secondary N) is 1. The van der Waals surface area contributed by atoms with E-state index in [1.165, 1.54) is 0 Å². The molecular weight excluding hydrogens is 392 g/mol. The first-order valence-electron chi connectivity index (χ1n) is 8.62. The average molecular weight is 404 g/mol. The number of para-hydroxylation sites is 1. The summed E-state index contributed by atoms with van der Waals surface area (Å²) < 4.78 is 5.28. The van der Waals surface area contributed by atoms with Crippen molar-refractivity contribution in [1.29, 1.82) is 0 Å². The van der Waals surface area contributed by atoms with Crippen LogP contribution in [0.1, 0.15) is 10.4 Å². The van der Waals surface area contributed by atoms with Crippen LogP contribution in [0.2, 0.25) is 0 Å². The number of esters is 1. The number of benzene rings is 3. The maximum Gasteiger partial charge on any atom is 0.348 e. The summed E-state index contributed by atoms with van der Waals surface area (Å²) in [4.78, 5) is 40.0. The molecule has 0 amide bonds. The number of carbonyl (C=O) groups is 1. The summed E-state index contributed by atoms with van der Waals surface area (Å²) >= 11 is 0. The van der Waals surface area contributed by atoms with Crippen molar-refractivity contribution in [1.82, 2.24) is 9.97 Å². The number of H-pyrrole nitrogens is 1. The number of aromatic nitrogens is 2. The van der Waals surface area contributed by atoms with Crippen LogP contribution in [0.3, 0.4) is 0 Å². The van der Waals surface area contributed by atoms with Crippen molar-refractivity contribution in [3.8, 4) is 17.1 Å². The Balaban J connectivity index is 1.63. The van der Waals surface area contributed by atoms with Crippen molar-refractivity contribution in [2.45, 2.75) is 0 Å². The van der Waals surface area contributed by atoms with Gasteiger partial charge in [0.1, 0.15) is 11.6 Å². The average Bonchev–Trinajstić information content (AvgIpc) is 3.16. The lowest BCUT2D eigenvalue weighted by Crippen LogP contribution is -2.08. The summed E-state index contributed by atoms with van der Waals surface area (Å²) in [6.07, 6.45) is 0. The quantitative estimate of drug-likeness (QED) is 0.227. The first kappa shape index (κ1) is 18.7. The Morgan fingerprint density at radius 3 is 2.17 bits per heavy atom. The normalized spacial score (nSPS) is 10.7. The van der Waals surface area contributed by atoms with Crippen LogP contribution in [0.25, 0.3) is 22.4 Å². The second-order valence-electron chi connectivity index (χ2n) is 6.24. The monoisotopic (exact) mass is 404 g/mol. The highest BCUT2D eigenvalue weighted by Gasteiger charge is 2.26. The first-order chi connectivity index (χ1) is 14.4. The number of fused-ring (bicyclic) bond motifs is 1. The molecule has 0 aliphatic heterocycles. The summed E-state index contributed by atoms with van der Waals surface area (Å²) in [6, 6.07) is 17.1. The van der Waals surface area contributed by atoms with Crippen LogP contribution in [-0.4, -0.2) is 25.8 Å². The zero-order valence-corrected chi connectivity index (χ0v) is 15.1. The highest BCUT2D eigenvalue weighted by Crippen LogP contribution is 2.32. The minimum atomic E-state index is -0.820. The van der Waals surface area contributed by atoms with Gasteiger partial charge in [0.25, 0.3) is 0 Å². The molecule has 30 heavy (non-hydrogen) atoms. The third kappa shape index (κ3) is 3.56. The predicted molar refractivity (Wildman–Crippen MR) is 106 cm³/mol. The van der Waals surface area contributed by atoms with Gasteiger partial charge in [0.15, 0.2) is 0 Å². The number of nitrogens with zero attached hydrogens (tertiary/aromatic N) is 3. The number of ether oxygens (including phenoxy) is 1. The molecule has 1 aromatic heterocycles. The lowest BCUT2D eigenvalue weighted by Gasteiger charge is -2.04. The lowest BCUT2D eigenvalue weighted by molar-refractivity contribution is -0.422. The van der Waals surface area contributed by atoms with Crippen molar-refractivity contribution in [3.63, 3.8) is 0 Å². The van der Waals surface area contributed by atoms with Gasteiger partial charge in [-0.15, -0.1) is 0 Å². The lowest BCUT2D eigenvalue weighted by atomic mass is 10.1. The van der Waals surface area contributed by atoms with Crippen molar-refractivity contribution in [3.05, 3.63) is 92.5 Å². The van der Waals surface area contributed by atoms with Gasteiger partial charge in [-0.25, -0.2) is 9.78 Å². The second-order valence-corrected chi connectivity index (χ2v) is 6.24. The van der Waals surface area contributed by atoms with Crippen molar-refractivity contribution in [2.75, 3.05) is 0 Å². The smallest absolute Gasteiger partial charge is 0.348 e. The van der Waals surface area contributed by atoms with Crippen LogP contribution in [-0.2, 0) is 0 Å². The molecule has 4 rings (SSSR count). The molecule has 0 aliphatic rings. The molecular formula is C20H12N4O6. The number of hydrogen-bond donors (Lipinski definition) is 1. The highest BCUT2D eigenvalue weighted by molar-refractivity contribution is 5.92. The number of carbonyl (C=O) groups excluding carboxylic acids is 1. The van der Waals surface area contributed by atoms with Crippen molar-refractivity contribution >= 4 is 28.4 Å². The van der Waals surface area contributed by atoms with E-state index in [0.29, 0.717) is 22.7 Å². The Morgan fingerprint density at radius 2 is 1.53 bits per heavy atom. The Labute approximate surface area is 168 Å². The van der Waals surface area contributed by atoms with Crippen LogP contribution >= 0.6 is 0 Å². The molecule has 0 aliphatic carbocycles. The number of nitro benzene ring substituents is 2. The van der Waals surface area contributed by atoms with E-state index in [1.54, 1.807) is 48.5 Å². The van der Waals surface area contributed by atoms with Crippen LogP contribution in [0, 0.1) is 20.2 Å². The molecule has 0 bridgehead atoms. The van der Waals surface area contributed by atoms with Gasteiger partial charge in [-0.1, -0.05) is 30.3 Å². The third-order valence-electron chi connectivity index (χ3n) is 4.32. The molecule has 0 spiro atoms. The number of imidazole rings is 1. The molecule has 4 aromatic rings. The van der Waals surface area contributed by atoms with Crippen LogP contribution in [0.4, 0.5) is 11.4 Å². The van der Waals surface area contributed by atoms with E-state index in [2.05, 4.69) is 9.97 Å². The molecule has 0 fully saturated rings. The minimum Gasteiger partial charge on any atom is -0.423 e. The topological polar surface area (TPSA) is 141 Å². The Kier molecular flexibility index (Phi) is 4.64.